The van der Waals surface area contributed by atoms with Gasteiger partial charge in [0.1, 0.15) is 0 Å². The molecule has 0 aliphatic heterocycles. The Hall–Kier alpha value is -9.38. The van der Waals surface area contributed by atoms with Crippen LogP contribution in [0.15, 0.2) is 231 Å². The van der Waals surface area contributed by atoms with E-state index in [9.17, 15) is 0 Å². The van der Waals surface area contributed by atoms with Crippen LogP contribution in [-0.4, -0.2) is 8.80 Å². The molecule has 0 N–H and O–H groups in total. The van der Waals surface area contributed by atoms with E-state index >= 15 is 0 Å². The highest BCUT2D eigenvalue weighted by atomic mass is 15.2. The lowest BCUT2D eigenvalue weighted by Crippen LogP contribution is -2.13. The van der Waals surface area contributed by atoms with Crippen molar-refractivity contribution in [1.82, 2.24) is 8.80 Å². The first-order valence-electron chi connectivity index (χ1n) is 28.3. The maximum absolute atomic E-state index is 2.65. The molecule has 0 fully saturated rings. The first kappa shape index (κ1) is 47.8. The molecule has 0 unspecified atom stereocenters. The standard InChI is InChI=1S/C76H62N4/c1-47-25-15-19-37-61(47)77(63-39-21-17-31-51(63)49-27-11-9-12-28-49)65-43-41-53-57-45-68-58(46-67(57)79-71-55(69(65)73(53)79)33-23-35-59(71)75(3,4)5)54-42-44-66(70-56-34-24-36-60(76(6,7)8)72(56)80(68)74(54)70)78(62-38-20-16-26-48(62)2)64-40-22-18-32-52(64)50-29-13-10-14-30-50/h9-46H,1-8H3. The Morgan fingerprint density at radius 1 is 0.287 bits per heavy atom. The lowest BCUT2D eigenvalue weighted by Gasteiger charge is -2.30. The van der Waals surface area contributed by atoms with Crippen LogP contribution in [0.2, 0.25) is 0 Å². The normalized spacial score (nSPS) is 12.5. The summed E-state index contributed by atoms with van der Waals surface area (Å²) in [5.41, 5.74) is 24.0. The van der Waals surface area contributed by atoms with Crippen molar-refractivity contribution >= 4 is 110 Å². The molecule has 0 saturated heterocycles. The van der Waals surface area contributed by atoms with E-state index in [1.54, 1.807) is 0 Å². The van der Waals surface area contributed by atoms with E-state index in [4.69, 9.17) is 0 Å². The molecule has 4 heteroatoms. The Balaban J connectivity index is 1.08. The number of hydrogen-bond acceptors (Lipinski definition) is 2. The van der Waals surface area contributed by atoms with Crippen molar-refractivity contribution in [1.29, 1.82) is 0 Å². The Labute approximate surface area is 467 Å². The van der Waals surface area contributed by atoms with Crippen molar-refractivity contribution in [2.24, 2.45) is 0 Å². The van der Waals surface area contributed by atoms with Crippen LogP contribution in [-0.2, 0) is 10.8 Å². The average Bonchev–Trinajstić information content (AvgIpc) is 4.41. The molecule has 0 radical (unpaired) electrons. The number of nitrogens with zero attached hydrogens (tertiary/aromatic N) is 4. The molecule has 0 amide bonds. The Morgan fingerprint density at radius 3 is 1.04 bits per heavy atom. The zero-order valence-electron chi connectivity index (χ0n) is 46.7. The second kappa shape index (κ2) is 17.6. The molecule has 4 nitrogen and oxygen atoms in total. The highest BCUT2D eigenvalue weighted by Crippen LogP contribution is 2.54. The zero-order valence-corrected chi connectivity index (χ0v) is 46.7. The summed E-state index contributed by atoms with van der Waals surface area (Å²) in [6, 6.07) is 86.1. The predicted molar refractivity (Wildman–Crippen MR) is 343 cm³/mol. The van der Waals surface area contributed by atoms with Gasteiger partial charge in [-0.2, -0.15) is 0 Å². The maximum atomic E-state index is 2.65. The monoisotopic (exact) mass is 1030 g/mol. The first-order chi connectivity index (χ1) is 38.9. The smallest absolute Gasteiger partial charge is 0.0641 e. The SMILES string of the molecule is Cc1ccccc1N(c1ccccc1-c1ccccc1)c1ccc2c3cc4c(cc3n3c5c(C(C)(C)C)cccc5c1c23)c1ccc(N(c2ccccc2C)c2ccccc2-c2ccccc2)c2c3cccc(C(C)(C)C)c3n4c12. The van der Waals surface area contributed by atoms with E-state index in [1.807, 2.05) is 0 Å². The number of aryl methyl sites for hydroxylation is 2. The van der Waals surface area contributed by atoms with Gasteiger partial charge < -0.3 is 18.6 Å². The van der Waals surface area contributed by atoms with Gasteiger partial charge in [0.15, 0.2) is 0 Å². The summed E-state index contributed by atoms with van der Waals surface area (Å²) in [5.74, 6) is 0. The van der Waals surface area contributed by atoms with E-state index in [0.29, 0.717) is 0 Å². The van der Waals surface area contributed by atoms with E-state index in [0.717, 1.165) is 34.1 Å². The molecule has 0 saturated carbocycles. The van der Waals surface area contributed by atoms with Crippen LogP contribution in [0.1, 0.15) is 63.8 Å². The quantitative estimate of drug-likeness (QED) is 0.151. The number of para-hydroxylation sites is 6. The van der Waals surface area contributed by atoms with E-state index in [1.165, 1.54) is 121 Å². The largest absolute Gasteiger partial charge is 0.309 e. The summed E-state index contributed by atoms with van der Waals surface area (Å²) in [6.45, 7) is 18.7. The van der Waals surface area contributed by atoms with E-state index in [-0.39, 0.29) is 10.8 Å². The van der Waals surface area contributed by atoms with Gasteiger partial charge in [-0.15, -0.1) is 0 Å². The van der Waals surface area contributed by atoms with Crippen molar-refractivity contribution < 1.29 is 0 Å². The zero-order chi connectivity index (χ0) is 54.3. The summed E-state index contributed by atoms with van der Waals surface area (Å²) in [7, 11) is 0. The molecule has 386 valence electrons. The van der Waals surface area contributed by atoms with E-state index in [2.05, 4.69) is 305 Å². The first-order valence-corrected chi connectivity index (χ1v) is 28.3. The Morgan fingerprint density at radius 2 is 0.650 bits per heavy atom. The van der Waals surface area contributed by atoms with Gasteiger partial charge >= 0.3 is 0 Å². The number of fused-ring (bicyclic) bond motifs is 12. The summed E-state index contributed by atoms with van der Waals surface area (Å²) in [6.07, 6.45) is 0. The number of rotatable bonds is 8. The molecule has 15 aromatic rings. The van der Waals surface area contributed by atoms with Gasteiger partial charge in [0.2, 0.25) is 0 Å². The minimum Gasteiger partial charge on any atom is -0.309 e. The topological polar surface area (TPSA) is 15.3 Å². The molecule has 0 atom stereocenters. The van der Waals surface area contributed by atoms with Gasteiger partial charge in [-0.1, -0.05) is 224 Å². The van der Waals surface area contributed by atoms with Gasteiger partial charge in [0.05, 0.1) is 55.8 Å². The van der Waals surface area contributed by atoms with Crippen LogP contribution >= 0.6 is 0 Å². The number of anilines is 6. The van der Waals surface area contributed by atoms with E-state index < -0.39 is 0 Å². The third-order valence-corrected chi connectivity index (χ3v) is 17.3. The molecule has 0 bridgehead atoms. The fourth-order valence-electron chi connectivity index (χ4n) is 13.7. The minimum atomic E-state index is -0.145. The van der Waals surface area contributed by atoms with Crippen LogP contribution in [0.5, 0.6) is 0 Å². The summed E-state index contributed by atoms with van der Waals surface area (Å²) in [4.78, 5) is 5.08. The highest BCUT2D eigenvalue weighted by Gasteiger charge is 2.33. The van der Waals surface area contributed by atoms with Crippen molar-refractivity contribution in [3.05, 3.63) is 253 Å². The fraction of sp³-hybridized carbons (Fsp3) is 0.132. The molecule has 15 rings (SSSR count). The molecular weight excluding hydrogens is 969 g/mol. The number of benzene rings is 11. The van der Waals surface area contributed by atoms with Gasteiger partial charge in [-0.3, -0.25) is 0 Å². The van der Waals surface area contributed by atoms with Crippen LogP contribution < -0.4 is 9.80 Å². The average molecular weight is 1030 g/mol. The van der Waals surface area contributed by atoms with Crippen molar-refractivity contribution in [3.8, 4) is 22.3 Å². The molecule has 4 aromatic heterocycles. The van der Waals surface area contributed by atoms with Crippen LogP contribution in [0.3, 0.4) is 0 Å². The fourth-order valence-corrected chi connectivity index (χ4v) is 13.7. The van der Waals surface area contributed by atoms with Crippen molar-refractivity contribution in [2.75, 3.05) is 9.80 Å². The molecule has 0 aliphatic carbocycles. The van der Waals surface area contributed by atoms with Gasteiger partial charge in [-0.05, 0) is 107 Å². The molecule has 4 heterocycles. The molecule has 0 aliphatic rings. The summed E-state index contributed by atoms with van der Waals surface area (Å²) in [5, 5.41) is 10.0. The van der Waals surface area contributed by atoms with Gasteiger partial charge in [0, 0.05) is 65.6 Å². The second-order valence-corrected chi connectivity index (χ2v) is 24.2. The highest BCUT2D eigenvalue weighted by molar-refractivity contribution is 6.33. The third kappa shape index (κ3) is 6.94. The molecular formula is C76H62N4. The Bertz CT molecular complexity index is 4610. The summed E-state index contributed by atoms with van der Waals surface area (Å²) >= 11 is 0. The molecule has 80 heavy (non-hydrogen) atoms. The predicted octanol–water partition coefficient (Wildman–Crippen LogP) is 21.5. The molecule has 0 spiro atoms. The maximum Gasteiger partial charge on any atom is 0.0641 e. The minimum absolute atomic E-state index is 0.145. The Kier molecular flexibility index (Phi) is 10.5. The third-order valence-electron chi connectivity index (χ3n) is 17.3. The number of aromatic nitrogens is 2. The lowest BCUT2D eigenvalue weighted by atomic mass is 9.85. The second-order valence-electron chi connectivity index (χ2n) is 24.2. The van der Waals surface area contributed by atoms with Crippen molar-refractivity contribution in [2.45, 2.75) is 66.2 Å². The lowest BCUT2D eigenvalue weighted by molar-refractivity contribution is 0.594. The van der Waals surface area contributed by atoms with Gasteiger partial charge in [-0.25, -0.2) is 0 Å². The van der Waals surface area contributed by atoms with Crippen LogP contribution in [0.25, 0.3) is 98.4 Å². The van der Waals surface area contributed by atoms with Crippen LogP contribution in [0.4, 0.5) is 34.1 Å². The van der Waals surface area contributed by atoms with Crippen molar-refractivity contribution in [3.63, 3.8) is 0 Å². The van der Waals surface area contributed by atoms with Gasteiger partial charge in [0.25, 0.3) is 0 Å². The number of hydrogen-bond donors (Lipinski definition) is 0. The summed E-state index contributed by atoms with van der Waals surface area (Å²) < 4.78 is 5.30. The van der Waals surface area contributed by atoms with Crippen LogP contribution in [0, 0.1) is 13.8 Å². The molecule has 11 aromatic carbocycles.